The van der Waals surface area contributed by atoms with E-state index in [4.69, 9.17) is 4.74 Å². The molecule has 1 saturated carbocycles. The number of hydrogen-bond acceptors (Lipinski definition) is 5. The Hall–Kier alpha value is -1.14. The summed E-state index contributed by atoms with van der Waals surface area (Å²) >= 11 is 0. The van der Waals surface area contributed by atoms with Crippen LogP contribution in [0.5, 0.6) is 0 Å². The number of rotatable bonds is 6. The van der Waals surface area contributed by atoms with Gasteiger partial charge < -0.3 is 20.3 Å². The SMILES string of the molecule is CC(CNC1CCCC1C1COCCN1)N1CCN(c2ccccc2)CC1. The molecule has 5 nitrogen and oxygen atoms in total. The molecule has 0 amide bonds. The second-order valence-electron chi connectivity index (χ2n) is 8.45. The van der Waals surface area contributed by atoms with Gasteiger partial charge in [0.2, 0.25) is 0 Å². The molecule has 4 rings (SSSR count). The zero-order chi connectivity index (χ0) is 18.5. The topological polar surface area (TPSA) is 39.8 Å². The first-order valence-electron chi connectivity index (χ1n) is 10.9. The Morgan fingerprint density at radius 1 is 1.15 bits per heavy atom. The first kappa shape index (κ1) is 19.2. The summed E-state index contributed by atoms with van der Waals surface area (Å²) in [5.74, 6) is 0.729. The van der Waals surface area contributed by atoms with Crippen molar-refractivity contribution in [2.45, 2.75) is 44.3 Å². The predicted octanol–water partition coefficient (Wildman–Crippen LogP) is 1.94. The molecule has 0 radical (unpaired) electrons. The number of benzene rings is 1. The van der Waals surface area contributed by atoms with E-state index in [2.05, 4.69) is 57.7 Å². The third-order valence-electron chi connectivity index (χ3n) is 6.77. The van der Waals surface area contributed by atoms with E-state index in [1.807, 2.05) is 0 Å². The molecule has 4 atom stereocenters. The number of hydrogen-bond donors (Lipinski definition) is 2. The minimum absolute atomic E-state index is 0.545. The number of piperazine rings is 1. The Balaban J connectivity index is 1.22. The van der Waals surface area contributed by atoms with Gasteiger partial charge in [-0.1, -0.05) is 24.6 Å². The van der Waals surface area contributed by atoms with Crippen molar-refractivity contribution < 1.29 is 4.74 Å². The van der Waals surface area contributed by atoms with E-state index in [9.17, 15) is 0 Å². The van der Waals surface area contributed by atoms with Gasteiger partial charge in [-0.05, 0) is 37.8 Å². The number of nitrogens with one attached hydrogen (secondary N) is 2. The van der Waals surface area contributed by atoms with Crippen LogP contribution in [0.3, 0.4) is 0 Å². The maximum atomic E-state index is 5.71. The summed E-state index contributed by atoms with van der Waals surface area (Å²) in [6.45, 7) is 10.8. The van der Waals surface area contributed by atoms with Gasteiger partial charge in [0, 0.05) is 63.1 Å². The molecule has 1 aromatic carbocycles. The van der Waals surface area contributed by atoms with Crippen LogP contribution in [0.1, 0.15) is 26.2 Å². The van der Waals surface area contributed by atoms with Crippen LogP contribution >= 0.6 is 0 Å². The van der Waals surface area contributed by atoms with Crippen molar-refractivity contribution in [1.82, 2.24) is 15.5 Å². The van der Waals surface area contributed by atoms with Gasteiger partial charge in [-0.25, -0.2) is 0 Å². The second kappa shape index (κ2) is 9.37. The zero-order valence-electron chi connectivity index (χ0n) is 16.8. The van der Waals surface area contributed by atoms with Gasteiger partial charge in [0.15, 0.2) is 0 Å². The standard InChI is InChI=1S/C22H36N4O/c1-18(25-11-13-26(14-12-25)19-6-3-2-4-7-19)16-24-21-9-5-8-20(21)22-17-27-15-10-23-22/h2-4,6-7,18,20-24H,5,8-17H2,1H3. The smallest absolute Gasteiger partial charge is 0.0623 e. The van der Waals surface area contributed by atoms with Crippen molar-refractivity contribution >= 4 is 5.69 Å². The Kier molecular flexibility index (Phi) is 6.66. The number of nitrogens with zero attached hydrogens (tertiary/aromatic N) is 2. The van der Waals surface area contributed by atoms with E-state index in [1.165, 1.54) is 24.9 Å². The zero-order valence-corrected chi connectivity index (χ0v) is 16.8. The van der Waals surface area contributed by atoms with Crippen molar-refractivity contribution in [1.29, 1.82) is 0 Å². The van der Waals surface area contributed by atoms with E-state index in [-0.39, 0.29) is 0 Å². The number of morpholine rings is 1. The van der Waals surface area contributed by atoms with Crippen LogP contribution in [-0.4, -0.2) is 75.5 Å². The minimum atomic E-state index is 0.545. The maximum Gasteiger partial charge on any atom is 0.0623 e. The van der Waals surface area contributed by atoms with Crippen LogP contribution in [-0.2, 0) is 4.74 Å². The largest absolute Gasteiger partial charge is 0.379 e. The molecular weight excluding hydrogens is 336 g/mol. The van der Waals surface area contributed by atoms with Gasteiger partial charge in [0.05, 0.1) is 13.2 Å². The Labute approximate surface area is 164 Å². The highest BCUT2D eigenvalue weighted by Gasteiger charge is 2.34. The normalized spacial score (nSPS) is 31.1. The van der Waals surface area contributed by atoms with E-state index in [0.29, 0.717) is 18.1 Å². The average Bonchev–Trinajstić information content (AvgIpc) is 3.22. The molecule has 3 aliphatic rings. The molecule has 1 aromatic rings. The molecule has 2 heterocycles. The predicted molar refractivity (Wildman–Crippen MR) is 111 cm³/mol. The van der Waals surface area contributed by atoms with Crippen LogP contribution in [0.15, 0.2) is 30.3 Å². The van der Waals surface area contributed by atoms with Crippen LogP contribution in [0.4, 0.5) is 5.69 Å². The van der Waals surface area contributed by atoms with Crippen LogP contribution in [0.2, 0.25) is 0 Å². The molecule has 0 bridgehead atoms. The third-order valence-corrected chi connectivity index (χ3v) is 6.77. The molecule has 27 heavy (non-hydrogen) atoms. The lowest BCUT2D eigenvalue weighted by molar-refractivity contribution is 0.0519. The minimum Gasteiger partial charge on any atom is -0.379 e. The molecule has 0 aromatic heterocycles. The first-order chi connectivity index (χ1) is 13.3. The Bertz CT molecular complexity index is 555. The van der Waals surface area contributed by atoms with Crippen molar-refractivity contribution in [2.24, 2.45) is 5.92 Å². The highest BCUT2D eigenvalue weighted by molar-refractivity contribution is 5.46. The Morgan fingerprint density at radius 3 is 2.70 bits per heavy atom. The first-order valence-corrected chi connectivity index (χ1v) is 10.9. The maximum absolute atomic E-state index is 5.71. The highest BCUT2D eigenvalue weighted by Crippen LogP contribution is 2.29. The van der Waals surface area contributed by atoms with Crippen LogP contribution in [0.25, 0.3) is 0 Å². The summed E-state index contributed by atoms with van der Waals surface area (Å²) in [5, 5.41) is 7.60. The summed E-state index contributed by atoms with van der Waals surface area (Å²) in [5.41, 5.74) is 1.36. The summed E-state index contributed by atoms with van der Waals surface area (Å²) in [4.78, 5) is 5.16. The molecule has 5 heteroatoms. The molecule has 0 spiro atoms. The summed E-state index contributed by atoms with van der Waals surface area (Å²) in [6, 6.07) is 12.6. The van der Waals surface area contributed by atoms with Crippen molar-refractivity contribution in [3.8, 4) is 0 Å². The molecule has 1 aliphatic carbocycles. The number of anilines is 1. The fourth-order valence-corrected chi connectivity index (χ4v) is 5.10. The van der Waals surface area contributed by atoms with Gasteiger partial charge >= 0.3 is 0 Å². The van der Waals surface area contributed by atoms with E-state index in [0.717, 1.165) is 58.4 Å². The van der Waals surface area contributed by atoms with Crippen molar-refractivity contribution in [3.63, 3.8) is 0 Å². The quantitative estimate of drug-likeness (QED) is 0.799. The fraction of sp³-hybridized carbons (Fsp3) is 0.727. The lowest BCUT2D eigenvalue weighted by atomic mass is 9.94. The Morgan fingerprint density at radius 2 is 1.96 bits per heavy atom. The van der Waals surface area contributed by atoms with E-state index in [1.54, 1.807) is 0 Å². The lowest BCUT2D eigenvalue weighted by Crippen LogP contribution is -2.54. The summed E-state index contributed by atoms with van der Waals surface area (Å²) in [6.07, 6.45) is 4.00. The van der Waals surface area contributed by atoms with Gasteiger partial charge in [-0.15, -0.1) is 0 Å². The highest BCUT2D eigenvalue weighted by atomic mass is 16.5. The fourth-order valence-electron chi connectivity index (χ4n) is 5.10. The van der Waals surface area contributed by atoms with Gasteiger partial charge in [0.25, 0.3) is 0 Å². The second-order valence-corrected chi connectivity index (χ2v) is 8.45. The molecule has 2 aliphatic heterocycles. The molecule has 4 unspecified atom stereocenters. The number of para-hydroxylation sites is 1. The van der Waals surface area contributed by atoms with Crippen LogP contribution in [0, 0.1) is 5.92 Å². The third kappa shape index (κ3) is 4.83. The summed E-state index contributed by atoms with van der Waals surface area (Å²) < 4.78 is 5.71. The van der Waals surface area contributed by atoms with Crippen LogP contribution < -0.4 is 15.5 Å². The van der Waals surface area contributed by atoms with Crippen molar-refractivity contribution in [3.05, 3.63) is 30.3 Å². The number of ether oxygens (including phenoxy) is 1. The van der Waals surface area contributed by atoms with E-state index < -0.39 is 0 Å². The average molecular weight is 373 g/mol. The molecular formula is C22H36N4O. The molecule has 3 fully saturated rings. The van der Waals surface area contributed by atoms with Gasteiger partial charge in [-0.3, -0.25) is 4.90 Å². The summed E-state index contributed by atoms with van der Waals surface area (Å²) in [7, 11) is 0. The van der Waals surface area contributed by atoms with Crippen molar-refractivity contribution in [2.75, 3.05) is 57.4 Å². The molecule has 2 saturated heterocycles. The lowest BCUT2D eigenvalue weighted by Gasteiger charge is -2.40. The van der Waals surface area contributed by atoms with Gasteiger partial charge in [-0.2, -0.15) is 0 Å². The molecule has 2 N–H and O–H groups in total. The monoisotopic (exact) mass is 372 g/mol. The van der Waals surface area contributed by atoms with E-state index >= 15 is 0 Å². The van der Waals surface area contributed by atoms with Gasteiger partial charge in [0.1, 0.15) is 0 Å². The molecule has 150 valence electrons.